The summed E-state index contributed by atoms with van der Waals surface area (Å²) < 4.78 is 0. The van der Waals surface area contributed by atoms with Gasteiger partial charge in [0, 0.05) is 18.0 Å². The first kappa shape index (κ1) is 15.6. The first-order valence-electron chi connectivity index (χ1n) is 8.75. The Morgan fingerprint density at radius 1 is 0.905 bits per heavy atom. The number of amides is 1. The van der Waals surface area contributed by atoms with E-state index in [9.17, 15) is 4.79 Å². The first-order valence-corrected chi connectivity index (χ1v) is 8.75. The van der Waals surface area contributed by atoms with Crippen molar-refractivity contribution in [2.75, 3.05) is 0 Å². The Labute approximate surface area is 134 Å². The van der Waals surface area contributed by atoms with Gasteiger partial charge in [0.2, 0.25) is 5.91 Å². The van der Waals surface area contributed by atoms with Crippen LogP contribution < -0.4 is 11.1 Å². The monoisotopic (exact) mass is 312 g/mol. The van der Waals surface area contributed by atoms with Gasteiger partial charge in [-0.1, -0.05) is 6.42 Å². The average Bonchev–Trinajstić information content (AvgIpc) is 2.42. The summed E-state index contributed by atoms with van der Waals surface area (Å²) in [4.78, 5) is 12.6. The van der Waals surface area contributed by atoms with Crippen molar-refractivity contribution in [1.29, 1.82) is 0 Å². The molecule has 5 fully saturated rings. The van der Waals surface area contributed by atoms with Crippen molar-refractivity contribution in [3.05, 3.63) is 0 Å². The topological polar surface area (TPSA) is 55.1 Å². The van der Waals surface area contributed by atoms with Gasteiger partial charge < -0.3 is 11.1 Å². The third-order valence-electron chi connectivity index (χ3n) is 6.62. The van der Waals surface area contributed by atoms with Crippen molar-refractivity contribution >= 4 is 18.3 Å². The maximum atomic E-state index is 12.6. The summed E-state index contributed by atoms with van der Waals surface area (Å²) in [5, 5.41) is 3.46. The van der Waals surface area contributed by atoms with Crippen molar-refractivity contribution in [2.24, 2.45) is 35.3 Å². The molecule has 1 amide bonds. The van der Waals surface area contributed by atoms with Crippen LogP contribution in [0.25, 0.3) is 0 Å². The summed E-state index contributed by atoms with van der Waals surface area (Å²) in [6, 6.07) is 0.742. The van der Waals surface area contributed by atoms with Crippen LogP contribution in [0.1, 0.15) is 57.8 Å². The maximum absolute atomic E-state index is 12.6. The molecule has 5 aliphatic carbocycles. The van der Waals surface area contributed by atoms with E-state index in [0.717, 1.165) is 49.4 Å². The molecule has 0 radical (unpaired) electrons. The molecule has 5 aliphatic rings. The number of hydrogen-bond donors (Lipinski definition) is 2. The van der Waals surface area contributed by atoms with E-state index in [1.54, 1.807) is 0 Å². The first-order chi connectivity index (χ1) is 9.69. The van der Waals surface area contributed by atoms with Gasteiger partial charge in [0.15, 0.2) is 0 Å². The summed E-state index contributed by atoms with van der Waals surface area (Å²) in [5.41, 5.74) is 6.03. The van der Waals surface area contributed by atoms with Gasteiger partial charge in [-0.25, -0.2) is 0 Å². The normalized spacial score (nSPS) is 47.8. The minimum Gasteiger partial charge on any atom is -0.353 e. The Kier molecular flexibility index (Phi) is 4.52. The van der Waals surface area contributed by atoms with Crippen LogP contribution in [0.5, 0.6) is 0 Å². The maximum Gasteiger partial charge on any atom is 0.223 e. The van der Waals surface area contributed by atoms with Gasteiger partial charge in [-0.05, 0) is 75.0 Å². The van der Waals surface area contributed by atoms with E-state index in [4.69, 9.17) is 5.73 Å². The lowest BCUT2D eigenvalue weighted by Gasteiger charge is -2.54. The fourth-order valence-corrected chi connectivity index (χ4v) is 5.91. The van der Waals surface area contributed by atoms with E-state index in [0.29, 0.717) is 11.9 Å². The summed E-state index contributed by atoms with van der Waals surface area (Å²) in [5.74, 6) is 4.04. The molecule has 0 aliphatic heterocycles. The number of hydrogen-bond acceptors (Lipinski definition) is 2. The Balaban J connectivity index is 0.00000132. The van der Waals surface area contributed by atoms with Crippen LogP contribution in [0.15, 0.2) is 0 Å². The molecule has 0 heterocycles. The highest BCUT2D eigenvalue weighted by atomic mass is 35.5. The van der Waals surface area contributed by atoms with E-state index in [1.165, 1.54) is 32.1 Å². The molecule has 2 unspecified atom stereocenters. The van der Waals surface area contributed by atoms with Gasteiger partial charge in [0.1, 0.15) is 0 Å². The molecule has 3 N–H and O–H groups in total. The number of rotatable bonds is 2. The van der Waals surface area contributed by atoms with Gasteiger partial charge in [-0.15, -0.1) is 12.4 Å². The zero-order valence-electron chi connectivity index (χ0n) is 12.8. The van der Waals surface area contributed by atoms with Crippen molar-refractivity contribution < 1.29 is 4.79 Å². The van der Waals surface area contributed by atoms with Crippen molar-refractivity contribution in [3.8, 4) is 0 Å². The molecule has 5 rings (SSSR count). The molecule has 21 heavy (non-hydrogen) atoms. The SMILES string of the molecule is Cl.NC1CCCC(C(=O)NC2C3CC4CC(C3)CC2C4)C1. The van der Waals surface area contributed by atoms with Crippen molar-refractivity contribution in [3.63, 3.8) is 0 Å². The Hall–Kier alpha value is -0.280. The third kappa shape index (κ3) is 2.96. The summed E-state index contributed by atoms with van der Waals surface area (Å²) in [6.07, 6.45) is 11.2. The number of nitrogens with two attached hydrogens (primary N) is 1. The fraction of sp³-hybridized carbons (Fsp3) is 0.941. The fourth-order valence-electron chi connectivity index (χ4n) is 5.91. The molecule has 4 bridgehead atoms. The Bertz CT molecular complexity index is 372. The molecular formula is C17H29ClN2O. The predicted molar refractivity (Wildman–Crippen MR) is 86.2 cm³/mol. The van der Waals surface area contributed by atoms with E-state index < -0.39 is 0 Å². The van der Waals surface area contributed by atoms with Crippen LogP contribution in [-0.2, 0) is 4.79 Å². The quantitative estimate of drug-likeness (QED) is 0.824. The largest absolute Gasteiger partial charge is 0.353 e. The standard InChI is InChI=1S/C17H28N2O.ClH/c18-15-3-1-2-12(9-15)17(20)19-16-13-5-10-4-11(7-13)8-14(16)6-10;/h10-16H,1-9,18H2,(H,19,20);1H. The van der Waals surface area contributed by atoms with Crippen molar-refractivity contribution in [1.82, 2.24) is 5.32 Å². The molecule has 0 aromatic carbocycles. The molecule has 0 saturated heterocycles. The van der Waals surface area contributed by atoms with Gasteiger partial charge in [-0.3, -0.25) is 4.79 Å². The molecule has 4 heteroatoms. The van der Waals surface area contributed by atoms with Crippen LogP contribution in [0.3, 0.4) is 0 Å². The molecule has 2 atom stereocenters. The average molecular weight is 313 g/mol. The van der Waals surface area contributed by atoms with Gasteiger partial charge in [0.05, 0.1) is 0 Å². The number of halogens is 1. The Morgan fingerprint density at radius 3 is 2.10 bits per heavy atom. The van der Waals surface area contributed by atoms with Crippen LogP contribution in [0.2, 0.25) is 0 Å². The molecule has 0 aromatic rings. The van der Waals surface area contributed by atoms with Crippen LogP contribution in [0, 0.1) is 29.6 Å². The zero-order chi connectivity index (χ0) is 13.7. The van der Waals surface area contributed by atoms with Gasteiger partial charge in [0.25, 0.3) is 0 Å². The smallest absolute Gasteiger partial charge is 0.223 e. The van der Waals surface area contributed by atoms with E-state index in [1.807, 2.05) is 0 Å². The molecular weight excluding hydrogens is 284 g/mol. The van der Waals surface area contributed by atoms with E-state index in [2.05, 4.69) is 5.32 Å². The van der Waals surface area contributed by atoms with Crippen LogP contribution >= 0.6 is 12.4 Å². The minimum atomic E-state index is 0. The van der Waals surface area contributed by atoms with E-state index in [-0.39, 0.29) is 24.4 Å². The lowest BCUT2D eigenvalue weighted by atomic mass is 9.54. The van der Waals surface area contributed by atoms with Crippen LogP contribution in [0.4, 0.5) is 0 Å². The second-order valence-corrected chi connectivity index (χ2v) is 8.09. The molecule has 3 nitrogen and oxygen atoms in total. The number of carbonyl (C=O) groups is 1. The molecule has 5 saturated carbocycles. The third-order valence-corrected chi connectivity index (χ3v) is 6.62. The lowest BCUT2D eigenvalue weighted by molar-refractivity contribution is -0.130. The number of carbonyl (C=O) groups excluding carboxylic acids is 1. The van der Waals surface area contributed by atoms with Crippen LogP contribution in [-0.4, -0.2) is 18.0 Å². The second kappa shape index (κ2) is 6.08. The van der Waals surface area contributed by atoms with Gasteiger partial charge in [-0.2, -0.15) is 0 Å². The second-order valence-electron chi connectivity index (χ2n) is 8.09. The van der Waals surface area contributed by atoms with Crippen molar-refractivity contribution in [2.45, 2.75) is 69.9 Å². The number of nitrogens with one attached hydrogen (secondary N) is 1. The highest BCUT2D eigenvalue weighted by Crippen LogP contribution is 2.53. The summed E-state index contributed by atoms with van der Waals surface area (Å²) in [6.45, 7) is 0. The lowest BCUT2D eigenvalue weighted by Crippen LogP contribution is -2.57. The summed E-state index contributed by atoms with van der Waals surface area (Å²) in [7, 11) is 0. The highest BCUT2D eigenvalue weighted by Gasteiger charge is 2.48. The predicted octanol–water partition coefficient (Wildman–Crippen LogP) is 2.87. The molecule has 0 aromatic heterocycles. The molecule has 0 spiro atoms. The highest BCUT2D eigenvalue weighted by molar-refractivity contribution is 5.85. The Morgan fingerprint density at radius 2 is 1.52 bits per heavy atom. The molecule has 120 valence electrons. The van der Waals surface area contributed by atoms with E-state index >= 15 is 0 Å². The minimum absolute atomic E-state index is 0. The zero-order valence-corrected chi connectivity index (χ0v) is 13.6. The summed E-state index contributed by atoms with van der Waals surface area (Å²) >= 11 is 0. The van der Waals surface area contributed by atoms with Gasteiger partial charge >= 0.3 is 0 Å².